The van der Waals surface area contributed by atoms with Gasteiger partial charge in [0.05, 0.1) is 11.2 Å². The van der Waals surface area contributed by atoms with Crippen LogP contribution in [0.1, 0.15) is 125 Å². The van der Waals surface area contributed by atoms with E-state index in [1.54, 1.807) is 0 Å². The molecular weight excluding hydrogens is 641 g/mol. The number of aliphatic carboxylic acids is 1. The lowest BCUT2D eigenvalue weighted by Crippen LogP contribution is -2.68. The molecule has 0 bridgehead atoms. The number of piperidine rings is 1. The van der Waals surface area contributed by atoms with Gasteiger partial charge in [0.25, 0.3) is 0 Å². The van der Waals surface area contributed by atoms with E-state index in [0.717, 1.165) is 58.3 Å². The Balaban J connectivity index is 1.10. The first kappa shape index (κ1) is 36.9. The van der Waals surface area contributed by atoms with Gasteiger partial charge in [-0.2, -0.15) is 0 Å². The number of nitrogens with zero attached hydrogens (tertiary/aromatic N) is 1. The van der Waals surface area contributed by atoms with Crippen LogP contribution in [-0.2, 0) is 14.6 Å². The van der Waals surface area contributed by atoms with Crippen molar-refractivity contribution in [1.29, 1.82) is 0 Å². The van der Waals surface area contributed by atoms with Crippen molar-refractivity contribution in [2.24, 2.45) is 57.2 Å². The first-order chi connectivity index (χ1) is 23.4. The monoisotopic (exact) mass is 708 g/mol. The SMILES string of the molecule is C=C(C)[C@@H]1CC[C@]2(NCCN3CCC(S(C)(=O)=O)CC3)CC[C@]3(C)[C@H](CC[C@@H]4[C@@]5(C)CC=C(C=C6CC(C(=O)O)C6)C(C)(C)[C@@H]5CC[C@]43C)[C@@H]12. The average molecular weight is 709 g/mol. The molecule has 6 aliphatic carbocycles. The van der Waals surface area contributed by atoms with Crippen LogP contribution in [0.25, 0.3) is 0 Å². The zero-order chi connectivity index (χ0) is 36.1. The second-order valence-electron chi connectivity index (χ2n) is 20.0. The van der Waals surface area contributed by atoms with Gasteiger partial charge in [-0.15, -0.1) is 0 Å². The third-order valence-electron chi connectivity index (χ3n) is 17.5. The van der Waals surface area contributed by atoms with Gasteiger partial charge in [0, 0.05) is 24.9 Å². The van der Waals surface area contributed by atoms with Crippen LogP contribution in [0.4, 0.5) is 0 Å². The Bertz CT molecular complexity index is 1550. The van der Waals surface area contributed by atoms with Crippen LogP contribution in [0, 0.1) is 57.2 Å². The Morgan fingerprint density at radius 3 is 2.30 bits per heavy atom. The van der Waals surface area contributed by atoms with Crippen LogP contribution < -0.4 is 5.32 Å². The van der Waals surface area contributed by atoms with Crippen molar-refractivity contribution in [3.05, 3.63) is 35.5 Å². The number of carboxylic acids is 1. The first-order valence-electron chi connectivity index (χ1n) is 20.3. The maximum atomic E-state index is 12.1. The van der Waals surface area contributed by atoms with Crippen LogP contribution in [0.3, 0.4) is 0 Å². The van der Waals surface area contributed by atoms with E-state index in [9.17, 15) is 18.3 Å². The minimum absolute atomic E-state index is 0.0929. The summed E-state index contributed by atoms with van der Waals surface area (Å²) >= 11 is 0. The number of hydrogen-bond donors (Lipinski definition) is 2. The molecule has 0 aromatic rings. The van der Waals surface area contributed by atoms with Crippen molar-refractivity contribution < 1.29 is 18.3 Å². The summed E-state index contributed by atoms with van der Waals surface area (Å²) in [7, 11) is -2.94. The minimum atomic E-state index is -2.94. The molecule has 0 spiro atoms. The molecule has 2 N–H and O–H groups in total. The van der Waals surface area contributed by atoms with E-state index in [0.29, 0.717) is 40.4 Å². The minimum Gasteiger partial charge on any atom is -0.481 e. The molecule has 50 heavy (non-hydrogen) atoms. The third-order valence-corrected chi connectivity index (χ3v) is 19.2. The van der Waals surface area contributed by atoms with Crippen molar-refractivity contribution in [1.82, 2.24) is 10.2 Å². The molecular formula is C43H68N2O4S. The predicted octanol–water partition coefficient (Wildman–Crippen LogP) is 8.45. The summed E-state index contributed by atoms with van der Waals surface area (Å²) in [5, 5.41) is 13.5. The van der Waals surface area contributed by atoms with Gasteiger partial charge in [-0.1, -0.05) is 64.5 Å². The highest BCUT2D eigenvalue weighted by Crippen LogP contribution is 2.76. The van der Waals surface area contributed by atoms with Crippen molar-refractivity contribution >= 4 is 15.8 Å². The number of carboxylic acid groups (broad SMARTS) is 1. The van der Waals surface area contributed by atoms with E-state index < -0.39 is 15.8 Å². The Morgan fingerprint density at radius 1 is 0.960 bits per heavy atom. The number of likely N-dealkylation sites (tertiary alicyclic amines) is 1. The molecule has 0 radical (unpaired) electrons. The number of rotatable bonds is 8. The molecule has 0 aromatic carbocycles. The summed E-state index contributed by atoms with van der Waals surface area (Å²) in [6.07, 6.45) is 20.8. The lowest BCUT2D eigenvalue weighted by molar-refractivity contribution is -0.221. The van der Waals surface area contributed by atoms with E-state index in [2.05, 4.69) is 70.5 Å². The van der Waals surface area contributed by atoms with Gasteiger partial charge in [-0.25, -0.2) is 8.42 Å². The highest BCUT2D eigenvalue weighted by Gasteiger charge is 2.70. The Hall–Kier alpha value is -1.44. The zero-order valence-corrected chi connectivity index (χ0v) is 33.3. The molecule has 9 atom stereocenters. The van der Waals surface area contributed by atoms with Gasteiger partial charge in [0.2, 0.25) is 0 Å². The maximum absolute atomic E-state index is 12.1. The van der Waals surface area contributed by atoms with Crippen LogP contribution in [0.2, 0.25) is 0 Å². The maximum Gasteiger partial charge on any atom is 0.307 e. The first-order valence-corrected chi connectivity index (χ1v) is 22.3. The Kier molecular flexibility index (Phi) is 9.28. The molecule has 0 aromatic heterocycles. The number of fused-ring (bicyclic) bond motifs is 7. The molecule has 7 rings (SSSR count). The molecule has 1 aliphatic heterocycles. The summed E-state index contributed by atoms with van der Waals surface area (Å²) in [6, 6.07) is 0. The van der Waals surface area contributed by atoms with Crippen LogP contribution >= 0.6 is 0 Å². The van der Waals surface area contributed by atoms with E-state index in [-0.39, 0.29) is 27.5 Å². The van der Waals surface area contributed by atoms with Crippen LogP contribution in [-0.4, -0.2) is 67.6 Å². The molecule has 0 unspecified atom stereocenters. The van der Waals surface area contributed by atoms with E-state index in [4.69, 9.17) is 0 Å². The molecule has 6 nitrogen and oxygen atoms in total. The average Bonchev–Trinajstić information content (AvgIpc) is 3.39. The fourth-order valence-corrected chi connectivity index (χ4v) is 15.5. The molecule has 7 aliphatic rings. The lowest BCUT2D eigenvalue weighted by atomic mass is 9.33. The van der Waals surface area contributed by atoms with Gasteiger partial charge in [-0.05, 0) is 160 Å². The number of sulfone groups is 1. The van der Waals surface area contributed by atoms with Crippen LogP contribution in [0.5, 0.6) is 0 Å². The van der Waals surface area contributed by atoms with Gasteiger partial charge in [0.15, 0.2) is 0 Å². The quantitative estimate of drug-likeness (QED) is 0.246. The summed E-state index contributed by atoms with van der Waals surface area (Å²) in [5.41, 5.74) is 5.34. The second-order valence-corrected chi connectivity index (χ2v) is 22.3. The molecule has 280 valence electrons. The highest BCUT2D eigenvalue weighted by molar-refractivity contribution is 7.91. The topological polar surface area (TPSA) is 86.7 Å². The number of carbonyl (C=O) groups is 1. The zero-order valence-electron chi connectivity index (χ0n) is 32.5. The predicted molar refractivity (Wildman–Crippen MR) is 203 cm³/mol. The fourth-order valence-electron chi connectivity index (χ4n) is 14.4. The molecule has 1 heterocycles. The highest BCUT2D eigenvalue weighted by atomic mass is 32.2. The van der Waals surface area contributed by atoms with Gasteiger partial charge >= 0.3 is 5.97 Å². The molecule has 7 heteroatoms. The van der Waals surface area contributed by atoms with Crippen molar-refractivity contribution in [2.75, 3.05) is 32.4 Å². The van der Waals surface area contributed by atoms with Gasteiger partial charge in [0.1, 0.15) is 9.84 Å². The summed E-state index contributed by atoms with van der Waals surface area (Å²) in [4.78, 5) is 14.0. The number of hydrogen-bond acceptors (Lipinski definition) is 5. The van der Waals surface area contributed by atoms with E-state index in [1.165, 1.54) is 74.3 Å². The standard InChI is InChI=1S/C43H68N2O4S/c1-28(2)33-12-18-43(44-21-24-45-22-14-32(15-23-45)50(8,48)49)20-19-41(6)34(37(33)43)9-10-36-40(5)16-11-31(27-29-25-30(26-29)38(46)47)39(3,4)35(40)13-17-42(36,41)7/h11,27,30,32-37,44H,1,9-10,12-26H2,2-8H3,(H,46,47)/t30?,33-,34+,35-,36+,37+,40-,41+,42+,43-/m0/s1. The van der Waals surface area contributed by atoms with Gasteiger partial charge in [-0.3, -0.25) is 4.79 Å². The molecule has 5 saturated carbocycles. The van der Waals surface area contributed by atoms with Crippen molar-refractivity contribution in [2.45, 2.75) is 136 Å². The second kappa shape index (κ2) is 12.6. The Morgan fingerprint density at radius 2 is 1.66 bits per heavy atom. The van der Waals surface area contributed by atoms with Crippen LogP contribution in [0.15, 0.2) is 35.5 Å². The third kappa shape index (κ3) is 5.67. The Labute approximate surface area is 304 Å². The van der Waals surface area contributed by atoms with Gasteiger partial charge < -0.3 is 15.3 Å². The largest absolute Gasteiger partial charge is 0.481 e. The van der Waals surface area contributed by atoms with E-state index in [1.807, 2.05) is 0 Å². The number of allylic oxidation sites excluding steroid dienone is 5. The molecule has 1 saturated heterocycles. The van der Waals surface area contributed by atoms with Crippen molar-refractivity contribution in [3.63, 3.8) is 0 Å². The summed E-state index contributed by atoms with van der Waals surface area (Å²) < 4.78 is 24.2. The fraction of sp³-hybridized carbons (Fsp3) is 0.837. The lowest BCUT2D eigenvalue weighted by Gasteiger charge is -2.72. The van der Waals surface area contributed by atoms with E-state index >= 15 is 0 Å². The molecule has 0 amide bonds. The number of nitrogens with one attached hydrogen (secondary N) is 1. The normalized spacial score (nSPS) is 44.5. The summed E-state index contributed by atoms with van der Waals surface area (Å²) in [6.45, 7) is 23.8. The van der Waals surface area contributed by atoms with Crippen molar-refractivity contribution in [3.8, 4) is 0 Å². The summed E-state index contributed by atoms with van der Waals surface area (Å²) in [5.74, 6) is 2.44. The smallest absolute Gasteiger partial charge is 0.307 e. The molecule has 6 fully saturated rings.